The molecule has 0 amide bonds. The van der Waals surface area contributed by atoms with E-state index in [1.165, 1.54) is 11.3 Å². The first-order valence-electron chi connectivity index (χ1n) is 8.28. The summed E-state index contributed by atoms with van der Waals surface area (Å²) in [7, 11) is 0. The van der Waals surface area contributed by atoms with Crippen LogP contribution < -0.4 is 11.1 Å². The highest BCUT2D eigenvalue weighted by Gasteiger charge is 2.05. The number of nitrogens with one attached hydrogen (secondary N) is 2. The summed E-state index contributed by atoms with van der Waals surface area (Å²) < 4.78 is 0. The lowest BCUT2D eigenvalue weighted by Gasteiger charge is -2.01. The van der Waals surface area contributed by atoms with Crippen molar-refractivity contribution in [2.24, 2.45) is 10.7 Å². The summed E-state index contributed by atoms with van der Waals surface area (Å²) in [6.45, 7) is 0.550. The fraction of sp³-hybridized carbons (Fsp3) is 0.0526. The van der Waals surface area contributed by atoms with Crippen LogP contribution in [0.4, 0.5) is 5.13 Å². The van der Waals surface area contributed by atoms with Gasteiger partial charge < -0.3 is 26.2 Å². The molecule has 3 aromatic rings. The lowest BCUT2D eigenvalue weighted by atomic mass is 10.2. The van der Waals surface area contributed by atoms with Gasteiger partial charge in [-0.15, -0.1) is 11.3 Å². The monoisotopic (exact) mass is 413 g/mol. The molecule has 0 saturated heterocycles. The van der Waals surface area contributed by atoms with Crippen molar-refractivity contribution in [1.82, 2.24) is 9.97 Å². The number of guanidine groups is 1. The van der Waals surface area contributed by atoms with Crippen LogP contribution in [0.5, 0.6) is 0 Å². The second-order valence-electron chi connectivity index (χ2n) is 5.44. The SMILES string of the molecule is NC(=NCc1ccccc1)Nc1nc(-c2ccc[nH]2)cs1.O=C(O)/C=C\C(=O)O. The zero-order valence-electron chi connectivity index (χ0n) is 15.1. The van der Waals surface area contributed by atoms with E-state index in [1.807, 2.05) is 54.0 Å². The molecule has 0 aliphatic heterocycles. The number of aromatic nitrogens is 2. The van der Waals surface area contributed by atoms with Gasteiger partial charge in [0.15, 0.2) is 11.1 Å². The molecule has 150 valence electrons. The second kappa shape index (κ2) is 11.0. The number of aromatic amines is 1. The van der Waals surface area contributed by atoms with E-state index in [2.05, 4.69) is 20.3 Å². The van der Waals surface area contributed by atoms with Crippen LogP contribution in [0.2, 0.25) is 0 Å². The number of carboxylic acid groups (broad SMARTS) is 2. The summed E-state index contributed by atoms with van der Waals surface area (Å²) in [4.78, 5) is 31.0. The first kappa shape index (κ1) is 21.4. The molecule has 2 aromatic heterocycles. The number of benzene rings is 1. The molecule has 0 fully saturated rings. The molecule has 29 heavy (non-hydrogen) atoms. The van der Waals surface area contributed by atoms with Crippen LogP contribution in [0.15, 0.2) is 71.2 Å². The number of rotatable bonds is 6. The van der Waals surface area contributed by atoms with Crippen LogP contribution in [0.1, 0.15) is 5.56 Å². The van der Waals surface area contributed by atoms with Gasteiger partial charge in [-0.1, -0.05) is 30.3 Å². The molecule has 0 aliphatic carbocycles. The molecule has 10 heteroatoms. The average molecular weight is 413 g/mol. The Hall–Kier alpha value is -3.92. The average Bonchev–Trinajstić information content (AvgIpc) is 3.38. The third-order valence-corrected chi connectivity index (χ3v) is 4.01. The summed E-state index contributed by atoms with van der Waals surface area (Å²) in [5.41, 5.74) is 8.88. The number of nitrogens with two attached hydrogens (primary N) is 1. The molecule has 1 aromatic carbocycles. The van der Waals surface area contributed by atoms with Crippen molar-refractivity contribution in [3.63, 3.8) is 0 Å². The van der Waals surface area contributed by atoms with Crippen molar-refractivity contribution in [3.8, 4) is 11.4 Å². The summed E-state index contributed by atoms with van der Waals surface area (Å²) in [5.74, 6) is -2.15. The van der Waals surface area contributed by atoms with E-state index in [0.29, 0.717) is 24.7 Å². The lowest BCUT2D eigenvalue weighted by molar-refractivity contribution is -0.134. The standard InChI is InChI=1S/C15H15N5S.C4H4O4/c16-14(18-9-11-5-2-1-3-6-11)20-15-19-13(10-21-15)12-7-4-8-17-12;5-3(6)1-2-4(7)8/h1-8,10,17H,9H2,(H3,16,18,19,20);1-2H,(H,5,6)(H,7,8)/b;2-1-. The Bertz CT molecular complexity index is 965. The summed E-state index contributed by atoms with van der Waals surface area (Å²) in [5, 5.41) is 21.3. The number of carboxylic acids is 2. The van der Waals surface area contributed by atoms with Gasteiger partial charge in [0.05, 0.1) is 17.9 Å². The van der Waals surface area contributed by atoms with Gasteiger partial charge in [-0.2, -0.15) is 0 Å². The summed E-state index contributed by atoms with van der Waals surface area (Å²) in [6.07, 6.45) is 2.99. The molecule has 0 radical (unpaired) electrons. The summed E-state index contributed by atoms with van der Waals surface area (Å²) in [6, 6.07) is 13.9. The lowest BCUT2D eigenvalue weighted by Crippen LogP contribution is -2.22. The number of anilines is 1. The molecular weight excluding hydrogens is 394 g/mol. The van der Waals surface area contributed by atoms with Crippen LogP contribution in [-0.4, -0.2) is 38.1 Å². The largest absolute Gasteiger partial charge is 0.478 e. The number of carbonyl (C=O) groups is 2. The zero-order chi connectivity index (χ0) is 21.1. The van der Waals surface area contributed by atoms with Crippen LogP contribution >= 0.6 is 11.3 Å². The maximum atomic E-state index is 9.55. The van der Waals surface area contributed by atoms with Crippen molar-refractivity contribution in [3.05, 3.63) is 71.8 Å². The molecule has 9 nitrogen and oxygen atoms in total. The fourth-order valence-corrected chi connectivity index (χ4v) is 2.71. The normalized spacial score (nSPS) is 11.0. The number of hydrogen-bond donors (Lipinski definition) is 5. The minimum absolute atomic E-state index is 0.367. The van der Waals surface area contributed by atoms with Gasteiger partial charge in [0.1, 0.15) is 0 Å². The molecule has 0 spiro atoms. The van der Waals surface area contributed by atoms with Crippen molar-refractivity contribution >= 4 is 34.4 Å². The number of H-pyrrole nitrogens is 1. The molecule has 0 saturated carbocycles. The van der Waals surface area contributed by atoms with Gasteiger partial charge in [0, 0.05) is 23.7 Å². The number of hydrogen-bond acceptors (Lipinski definition) is 5. The van der Waals surface area contributed by atoms with Gasteiger partial charge in [-0.25, -0.2) is 19.6 Å². The summed E-state index contributed by atoms with van der Waals surface area (Å²) >= 11 is 1.49. The first-order valence-corrected chi connectivity index (χ1v) is 9.16. The third kappa shape index (κ3) is 8.10. The third-order valence-electron chi connectivity index (χ3n) is 3.26. The molecule has 3 rings (SSSR count). The quantitative estimate of drug-likeness (QED) is 0.236. The van der Waals surface area contributed by atoms with E-state index in [0.717, 1.165) is 22.1 Å². The fourth-order valence-electron chi connectivity index (χ4n) is 2.00. The van der Waals surface area contributed by atoms with Crippen molar-refractivity contribution in [2.45, 2.75) is 6.54 Å². The molecule has 0 atom stereocenters. The molecule has 0 aliphatic rings. The van der Waals surface area contributed by atoms with Gasteiger partial charge in [0.25, 0.3) is 0 Å². The number of nitrogens with zero attached hydrogens (tertiary/aromatic N) is 2. The van der Waals surface area contributed by atoms with Crippen molar-refractivity contribution < 1.29 is 19.8 Å². The van der Waals surface area contributed by atoms with E-state index < -0.39 is 11.9 Å². The van der Waals surface area contributed by atoms with Gasteiger partial charge in [-0.05, 0) is 17.7 Å². The number of aliphatic imine (C=N–C) groups is 1. The van der Waals surface area contributed by atoms with E-state index in [1.54, 1.807) is 0 Å². The van der Waals surface area contributed by atoms with Crippen LogP contribution in [0.25, 0.3) is 11.4 Å². The zero-order valence-corrected chi connectivity index (χ0v) is 16.0. The Morgan fingerprint density at radius 2 is 1.83 bits per heavy atom. The minimum Gasteiger partial charge on any atom is -0.478 e. The Labute approximate surface area is 170 Å². The highest BCUT2D eigenvalue weighted by atomic mass is 32.1. The highest BCUT2D eigenvalue weighted by molar-refractivity contribution is 7.14. The van der Waals surface area contributed by atoms with E-state index in [-0.39, 0.29) is 0 Å². The number of aliphatic carboxylic acids is 2. The Kier molecular flexibility index (Phi) is 8.14. The molecular formula is C19H19N5O4S. The highest BCUT2D eigenvalue weighted by Crippen LogP contribution is 2.23. The van der Waals surface area contributed by atoms with Crippen molar-refractivity contribution in [2.75, 3.05) is 5.32 Å². The van der Waals surface area contributed by atoms with E-state index in [4.69, 9.17) is 15.9 Å². The second-order valence-corrected chi connectivity index (χ2v) is 6.30. The first-order chi connectivity index (χ1) is 13.9. The maximum Gasteiger partial charge on any atom is 0.328 e. The maximum absolute atomic E-state index is 9.55. The van der Waals surface area contributed by atoms with E-state index >= 15 is 0 Å². The molecule has 0 bridgehead atoms. The van der Waals surface area contributed by atoms with Crippen LogP contribution in [0, 0.1) is 0 Å². The molecule has 0 unspecified atom stereocenters. The minimum atomic E-state index is -1.26. The molecule has 6 N–H and O–H groups in total. The van der Waals surface area contributed by atoms with Gasteiger partial charge in [-0.3, -0.25) is 0 Å². The Balaban J connectivity index is 0.000000321. The van der Waals surface area contributed by atoms with Gasteiger partial charge >= 0.3 is 11.9 Å². The predicted molar refractivity (Wildman–Crippen MR) is 112 cm³/mol. The Morgan fingerprint density at radius 3 is 2.41 bits per heavy atom. The number of thiazole rings is 1. The predicted octanol–water partition coefficient (Wildman–Crippen LogP) is 2.78. The Morgan fingerprint density at radius 1 is 1.14 bits per heavy atom. The van der Waals surface area contributed by atoms with E-state index in [9.17, 15) is 9.59 Å². The van der Waals surface area contributed by atoms with Crippen LogP contribution in [0.3, 0.4) is 0 Å². The topological polar surface area (TPSA) is 154 Å². The van der Waals surface area contributed by atoms with Crippen molar-refractivity contribution in [1.29, 1.82) is 0 Å². The smallest absolute Gasteiger partial charge is 0.328 e. The van der Waals surface area contributed by atoms with Gasteiger partial charge in [0.2, 0.25) is 0 Å². The molecule has 2 heterocycles. The van der Waals surface area contributed by atoms with Crippen LogP contribution in [-0.2, 0) is 16.1 Å².